The van der Waals surface area contributed by atoms with Crippen LogP contribution in [-0.4, -0.2) is 34.0 Å². The number of rotatable bonds is 7. The van der Waals surface area contributed by atoms with Crippen molar-refractivity contribution in [2.45, 2.75) is 25.5 Å². The summed E-state index contributed by atoms with van der Waals surface area (Å²) in [5.41, 5.74) is 3.75. The quantitative estimate of drug-likeness (QED) is 0.500. The van der Waals surface area contributed by atoms with E-state index in [9.17, 15) is 10.1 Å². The molecule has 1 saturated heterocycles. The van der Waals surface area contributed by atoms with Gasteiger partial charge in [-0.2, -0.15) is 5.10 Å². The minimum atomic E-state index is -0.392. The molecule has 0 saturated carbocycles. The molecule has 7 heteroatoms. The van der Waals surface area contributed by atoms with Crippen molar-refractivity contribution in [3.63, 3.8) is 0 Å². The highest BCUT2D eigenvalue weighted by Gasteiger charge is 2.17. The van der Waals surface area contributed by atoms with E-state index in [-0.39, 0.29) is 11.8 Å². The molecular weight excluding hydrogens is 356 g/mol. The Balaban J connectivity index is 1.60. The van der Waals surface area contributed by atoms with E-state index in [2.05, 4.69) is 5.32 Å². The smallest absolute Gasteiger partial charge is 0.269 e. The summed E-state index contributed by atoms with van der Waals surface area (Å²) in [5, 5.41) is 19.1. The molecule has 1 atom stereocenters. The van der Waals surface area contributed by atoms with E-state index >= 15 is 0 Å². The van der Waals surface area contributed by atoms with Gasteiger partial charge in [-0.05, 0) is 37.1 Å². The van der Waals surface area contributed by atoms with E-state index in [1.165, 1.54) is 12.1 Å². The zero-order valence-electron chi connectivity index (χ0n) is 15.5. The Labute approximate surface area is 163 Å². The Morgan fingerprint density at radius 3 is 2.64 bits per heavy atom. The van der Waals surface area contributed by atoms with E-state index in [1.54, 1.807) is 12.1 Å². The number of nitrogens with one attached hydrogen (secondary N) is 1. The molecule has 4 rings (SSSR count). The maximum absolute atomic E-state index is 10.9. The Morgan fingerprint density at radius 2 is 1.96 bits per heavy atom. The minimum Gasteiger partial charge on any atom is -0.377 e. The van der Waals surface area contributed by atoms with Gasteiger partial charge in [0.25, 0.3) is 5.69 Å². The molecule has 0 aliphatic carbocycles. The molecule has 0 bridgehead atoms. The first-order valence-corrected chi connectivity index (χ1v) is 9.42. The monoisotopic (exact) mass is 378 g/mol. The van der Waals surface area contributed by atoms with E-state index < -0.39 is 4.92 Å². The van der Waals surface area contributed by atoms with Crippen molar-refractivity contribution in [1.29, 1.82) is 0 Å². The number of para-hydroxylation sites is 1. The lowest BCUT2D eigenvalue weighted by atomic mass is 10.1. The molecule has 2 aromatic carbocycles. The van der Waals surface area contributed by atoms with Crippen LogP contribution in [-0.2, 0) is 11.3 Å². The van der Waals surface area contributed by atoms with Gasteiger partial charge < -0.3 is 10.1 Å². The molecule has 1 aliphatic rings. The number of non-ortho nitro benzene ring substituents is 1. The van der Waals surface area contributed by atoms with Crippen LogP contribution < -0.4 is 5.32 Å². The third kappa shape index (κ3) is 4.11. The molecule has 0 radical (unpaired) electrons. The normalized spacial score (nSPS) is 16.4. The van der Waals surface area contributed by atoms with E-state index in [0.717, 1.165) is 48.5 Å². The molecule has 7 nitrogen and oxygen atoms in total. The zero-order chi connectivity index (χ0) is 19.3. The molecule has 3 aromatic rings. The molecular formula is C21H22N4O3. The molecule has 144 valence electrons. The number of hydrogen-bond donors (Lipinski definition) is 1. The average Bonchev–Trinajstić information content (AvgIpc) is 3.39. The molecule has 1 unspecified atom stereocenters. The molecule has 2 heterocycles. The summed E-state index contributed by atoms with van der Waals surface area (Å²) in [4.78, 5) is 10.5. The van der Waals surface area contributed by atoms with Gasteiger partial charge in [-0.15, -0.1) is 0 Å². The second-order valence-corrected chi connectivity index (χ2v) is 6.85. The van der Waals surface area contributed by atoms with E-state index in [1.807, 2.05) is 41.2 Å². The molecule has 1 aromatic heterocycles. The standard InChI is InChI=1S/C21H22N4O3/c26-25(27)19-10-8-16(9-11-19)21-17(13-22-14-20-7-4-12-28-20)15-24(23-21)18-5-2-1-3-6-18/h1-3,5-6,8-11,15,20,22H,4,7,12-14H2. The molecule has 0 spiro atoms. The minimum absolute atomic E-state index is 0.0734. The Kier molecular flexibility index (Phi) is 5.45. The molecule has 0 amide bonds. The summed E-state index contributed by atoms with van der Waals surface area (Å²) in [6, 6.07) is 16.4. The van der Waals surface area contributed by atoms with Gasteiger partial charge in [0.15, 0.2) is 0 Å². The van der Waals surface area contributed by atoms with Crippen LogP contribution in [0.3, 0.4) is 0 Å². The van der Waals surface area contributed by atoms with Crippen molar-refractivity contribution >= 4 is 5.69 Å². The SMILES string of the molecule is O=[N+]([O-])c1ccc(-c2nn(-c3ccccc3)cc2CNCC2CCCO2)cc1. The summed E-state index contributed by atoms with van der Waals surface area (Å²) >= 11 is 0. The third-order valence-electron chi connectivity index (χ3n) is 4.87. The van der Waals surface area contributed by atoms with E-state index in [4.69, 9.17) is 9.84 Å². The molecule has 1 N–H and O–H groups in total. The van der Waals surface area contributed by atoms with Crippen molar-refractivity contribution in [1.82, 2.24) is 15.1 Å². The van der Waals surface area contributed by atoms with Crippen LogP contribution in [0.5, 0.6) is 0 Å². The Hall–Kier alpha value is -3.03. The Bertz CT molecular complexity index is 932. The summed E-state index contributed by atoms with van der Waals surface area (Å²) < 4.78 is 7.52. The van der Waals surface area contributed by atoms with Crippen LogP contribution >= 0.6 is 0 Å². The lowest BCUT2D eigenvalue weighted by Gasteiger charge is -2.10. The first-order valence-electron chi connectivity index (χ1n) is 9.42. The highest BCUT2D eigenvalue weighted by molar-refractivity contribution is 5.64. The first kappa shape index (κ1) is 18.3. The topological polar surface area (TPSA) is 82.2 Å². The van der Waals surface area contributed by atoms with Gasteiger partial charge in [0, 0.05) is 49.2 Å². The predicted octanol–water partition coefficient (Wildman–Crippen LogP) is 3.72. The molecule has 1 fully saturated rings. The van der Waals surface area contributed by atoms with Gasteiger partial charge >= 0.3 is 0 Å². The van der Waals surface area contributed by atoms with Crippen LogP contribution in [0.4, 0.5) is 5.69 Å². The predicted molar refractivity (Wildman–Crippen MR) is 106 cm³/mol. The average molecular weight is 378 g/mol. The fourth-order valence-electron chi connectivity index (χ4n) is 3.41. The first-order chi connectivity index (χ1) is 13.7. The van der Waals surface area contributed by atoms with Gasteiger partial charge in [-0.3, -0.25) is 10.1 Å². The van der Waals surface area contributed by atoms with E-state index in [0.29, 0.717) is 6.54 Å². The van der Waals surface area contributed by atoms with Gasteiger partial charge in [-0.25, -0.2) is 4.68 Å². The summed E-state index contributed by atoms with van der Waals surface area (Å²) in [6.45, 7) is 2.29. The van der Waals surface area contributed by atoms with Crippen molar-refractivity contribution < 1.29 is 9.66 Å². The van der Waals surface area contributed by atoms with Gasteiger partial charge in [0.05, 0.1) is 22.4 Å². The van der Waals surface area contributed by atoms with Gasteiger partial charge in [0.2, 0.25) is 0 Å². The third-order valence-corrected chi connectivity index (χ3v) is 4.87. The number of nitrogens with zero attached hydrogens (tertiary/aromatic N) is 3. The van der Waals surface area contributed by atoms with Crippen LogP contribution in [0.2, 0.25) is 0 Å². The number of aromatic nitrogens is 2. The summed E-state index contributed by atoms with van der Waals surface area (Å²) in [5.74, 6) is 0. The summed E-state index contributed by atoms with van der Waals surface area (Å²) in [7, 11) is 0. The highest BCUT2D eigenvalue weighted by Crippen LogP contribution is 2.26. The Morgan fingerprint density at radius 1 is 1.18 bits per heavy atom. The van der Waals surface area contributed by atoms with Crippen molar-refractivity contribution in [3.8, 4) is 16.9 Å². The zero-order valence-corrected chi connectivity index (χ0v) is 15.5. The fourth-order valence-corrected chi connectivity index (χ4v) is 3.41. The van der Waals surface area contributed by atoms with Crippen molar-refractivity contribution in [2.24, 2.45) is 0 Å². The van der Waals surface area contributed by atoms with Crippen molar-refractivity contribution in [3.05, 3.63) is 76.5 Å². The summed E-state index contributed by atoms with van der Waals surface area (Å²) in [6.07, 6.45) is 4.49. The van der Waals surface area contributed by atoms with Gasteiger partial charge in [0.1, 0.15) is 0 Å². The lowest BCUT2D eigenvalue weighted by Crippen LogP contribution is -2.25. The number of ether oxygens (including phenoxy) is 1. The number of nitro benzene ring substituents is 1. The fraction of sp³-hybridized carbons (Fsp3) is 0.286. The number of hydrogen-bond acceptors (Lipinski definition) is 5. The maximum atomic E-state index is 10.9. The van der Waals surface area contributed by atoms with Gasteiger partial charge in [-0.1, -0.05) is 18.2 Å². The second kappa shape index (κ2) is 8.33. The van der Waals surface area contributed by atoms with Crippen LogP contribution in [0.25, 0.3) is 16.9 Å². The largest absolute Gasteiger partial charge is 0.377 e. The van der Waals surface area contributed by atoms with Crippen LogP contribution in [0.1, 0.15) is 18.4 Å². The number of nitro groups is 1. The number of benzene rings is 2. The highest BCUT2D eigenvalue weighted by atomic mass is 16.6. The van der Waals surface area contributed by atoms with Crippen LogP contribution in [0.15, 0.2) is 60.8 Å². The maximum Gasteiger partial charge on any atom is 0.269 e. The lowest BCUT2D eigenvalue weighted by molar-refractivity contribution is -0.384. The second-order valence-electron chi connectivity index (χ2n) is 6.85. The van der Waals surface area contributed by atoms with Crippen LogP contribution in [0, 0.1) is 10.1 Å². The van der Waals surface area contributed by atoms with Crippen molar-refractivity contribution in [2.75, 3.05) is 13.2 Å². The molecule has 1 aliphatic heterocycles. The molecule has 28 heavy (non-hydrogen) atoms.